The number of ether oxygens (including phenoxy) is 1. The minimum atomic E-state index is -3.58. The van der Waals surface area contributed by atoms with Gasteiger partial charge in [-0.1, -0.05) is 34.1 Å². The third kappa shape index (κ3) is 4.11. The summed E-state index contributed by atoms with van der Waals surface area (Å²) in [7, 11) is -3.58. The fourth-order valence-electron chi connectivity index (χ4n) is 5.82. The summed E-state index contributed by atoms with van der Waals surface area (Å²) in [4.78, 5) is 27.5. The van der Waals surface area contributed by atoms with E-state index in [2.05, 4.69) is 27.7 Å². The van der Waals surface area contributed by atoms with Gasteiger partial charge in [0, 0.05) is 54.8 Å². The van der Waals surface area contributed by atoms with Gasteiger partial charge in [0.25, 0.3) is 10.0 Å². The summed E-state index contributed by atoms with van der Waals surface area (Å²) in [5, 5.41) is 0. The molecule has 1 aromatic heterocycles. The quantitative estimate of drug-likeness (QED) is 0.557. The number of thiophene rings is 1. The Balaban J connectivity index is 1.61. The number of carbonyl (C=O) groups is 2. The van der Waals surface area contributed by atoms with E-state index in [-0.39, 0.29) is 26.6 Å². The van der Waals surface area contributed by atoms with Crippen LogP contribution in [0.25, 0.3) is 0 Å². The molecule has 2 aliphatic heterocycles. The molecule has 0 N–H and O–H groups in total. The Morgan fingerprint density at radius 1 is 0.853 bits per heavy atom. The predicted octanol–water partition coefficient (Wildman–Crippen LogP) is 5.32. The summed E-state index contributed by atoms with van der Waals surface area (Å²) in [6.45, 7) is 9.31. The van der Waals surface area contributed by atoms with E-state index in [1.54, 1.807) is 16.4 Å². The van der Waals surface area contributed by atoms with Crippen LogP contribution >= 0.6 is 11.3 Å². The molecule has 0 amide bonds. The van der Waals surface area contributed by atoms with Crippen molar-refractivity contribution in [2.24, 2.45) is 10.8 Å². The predicted molar refractivity (Wildman–Crippen MR) is 131 cm³/mol. The Bertz CT molecular complexity index is 1170. The Hall–Kier alpha value is -1.77. The first-order chi connectivity index (χ1) is 15.9. The lowest BCUT2D eigenvalue weighted by atomic mass is 9.67. The molecule has 4 aliphatic rings. The molecule has 0 unspecified atom stereocenters. The van der Waals surface area contributed by atoms with E-state index < -0.39 is 15.9 Å². The molecule has 8 heteroatoms. The SMILES string of the molecule is CC1(C)CC(=O)C2=C(C1)OC1=C(C(=O)CC(C)(C)C1)C2c1ccc(S(=O)(=O)N2CCCCC2)s1. The van der Waals surface area contributed by atoms with Gasteiger partial charge >= 0.3 is 0 Å². The van der Waals surface area contributed by atoms with Crippen LogP contribution < -0.4 is 0 Å². The van der Waals surface area contributed by atoms with E-state index in [0.717, 1.165) is 24.1 Å². The number of rotatable bonds is 3. The Morgan fingerprint density at radius 2 is 1.38 bits per heavy atom. The lowest BCUT2D eigenvalue weighted by Crippen LogP contribution is -2.37. The highest BCUT2D eigenvalue weighted by molar-refractivity contribution is 7.91. The van der Waals surface area contributed by atoms with Crippen LogP contribution in [-0.4, -0.2) is 37.4 Å². The molecule has 5 rings (SSSR count). The van der Waals surface area contributed by atoms with Crippen molar-refractivity contribution in [2.75, 3.05) is 13.1 Å². The van der Waals surface area contributed by atoms with Crippen molar-refractivity contribution >= 4 is 32.9 Å². The van der Waals surface area contributed by atoms with Crippen molar-refractivity contribution in [3.63, 3.8) is 0 Å². The van der Waals surface area contributed by atoms with Crippen molar-refractivity contribution in [1.29, 1.82) is 0 Å². The van der Waals surface area contributed by atoms with Gasteiger partial charge in [0.1, 0.15) is 15.7 Å². The van der Waals surface area contributed by atoms with Gasteiger partial charge in [-0.25, -0.2) is 8.42 Å². The molecule has 1 fully saturated rings. The van der Waals surface area contributed by atoms with Crippen LogP contribution in [0.5, 0.6) is 0 Å². The lowest BCUT2D eigenvalue weighted by Gasteiger charge is -2.42. The Labute approximate surface area is 206 Å². The van der Waals surface area contributed by atoms with Crippen LogP contribution in [0.2, 0.25) is 0 Å². The number of nitrogens with zero attached hydrogens (tertiary/aromatic N) is 1. The molecule has 0 bridgehead atoms. The van der Waals surface area contributed by atoms with Gasteiger partial charge in [-0.15, -0.1) is 11.3 Å². The van der Waals surface area contributed by atoms with E-state index in [0.29, 0.717) is 61.4 Å². The smallest absolute Gasteiger partial charge is 0.252 e. The van der Waals surface area contributed by atoms with E-state index >= 15 is 0 Å². The van der Waals surface area contributed by atoms with Crippen molar-refractivity contribution < 1.29 is 22.7 Å². The molecular weight excluding hydrogens is 470 g/mol. The Kier molecular flexibility index (Phi) is 5.73. The molecule has 1 aromatic rings. The highest BCUT2D eigenvalue weighted by atomic mass is 32.2. The van der Waals surface area contributed by atoms with E-state index in [1.165, 1.54) is 11.3 Å². The van der Waals surface area contributed by atoms with Gasteiger partial charge in [0.2, 0.25) is 0 Å². The van der Waals surface area contributed by atoms with Gasteiger partial charge in [-0.3, -0.25) is 9.59 Å². The van der Waals surface area contributed by atoms with Crippen molar-refractivity contribution in [3.05, 3.63) is 39.7 Å². The zero-order valence-corrected chi connectivity index (χ0v) is 22.0. The second kappa shape index (κ2) is 8.14. The van der Waals surface area contributed by atoms with E-state index in [4.69, 9.17) is 4.74 Å². The normalized spacial score (nSPS) is 25.8. The number of hydrogen-bond donors (Lipinski definition) is 0. The minimum Gasteiger partial charge on any atom is -0.465 e. The number of hydrogen-bond acceptors (Lipinski definition) is 6. The third-order valence-corrected chi connectivity index (χ3v) is 10.9. The molecule has 0 saturated carbocycles. The molecular formula is C26H33NO5S2. The summed E-state index contributed by atoms with van der Waals surface area (Å²) in [5.74, 6) is 0.762. The average Bonchev–Trinajstić information content (AvgIpc) is 3.22. The minimum absolute atomic E-state index is 0.00530. The number of ketones is 2. The number of piperidine rings is 1. The maximum Gasteiger partial charge on any atom is 0.252 e. The van der Waals surface area contributed by atoms with Crippen LogP contribution in [-0.2, 0) is 24.3 Å². The highest BCUT2D eigenvalue weighted by Gasteiger charge is 2.48. The first kappa shape index (κ1) is 23.9. The summed E-state index contributed by atoms with van der Waals surface area (Å²) < 4.78 is 34.8. The fraction of sp³-hybridized carbons (Fsp3) is 0.615. The molecule has 0 aromatic carbocycles. The van der Waals surface area contributed by atoms with Gasteiger partial charge in [-0.2, -0.15) is 4.31 Å². The molecule has 0 radical (unpaired) electrons. The molecule has 0 spiro atoms. The summed E-state index contributed by atoms with van der Waals surface area (Å²) in [6, 6.07) is 3.45. The molecule has 6 nitrogen and oxygen atoms in total. The topological polar surface area (TPSA) is 80.8 Å². The van der Waals surface area contributed by atoms with Crippen LogP contribution in [0.4, 0.5) is 0 Å². The molecule has 184 valence electrons. The van der Waals surface area contributed by atoms with Gasteiger partial charge in [0.15, 0.2) is 11.6 Å². The first-order valence-electron chi connectivity index (χ1n) is 12.2. The highest BCUT2D eigenvalue weighted by Crippen LogP contribution is 2.54. The second-order valence-corrected chi connectivity index (χ2v) is 15.0. The van der Waals surface area contributed by atoms with Crippen molar-refractivity contribution in [3.8, 4) is 0 Å². The average molecular weight is 504 g/mol. The van der Waals surface area contributed by atoms with Gasteiger partial charge in [-0.05, 0) is 35.8 Å². The maximum absolute atomic E-state index is 13.4. The number of allylic oxidation sites excluding steroid dienone is 4. The van der Waals surface area contributed by atoms with Crippen LogP contribution in [0.15, 0.2) is 39.0 Å². The van der Waals surface area contributed by atoms with Crippen LogP contribution in [0.1, 0.15) is 83.4 Å². The first-order valence-corrected chi connectivity index (χ1v) is 14.4. The van der Waals surface area contributed by atoms with E-state index in [1.807, 2.05) is 0 Å². The molecule has 2 aliphatic carbocycles. The summed E-state index contributed by atoms with van der Waals surface area (Å²) in [5.41, 5.74) is 0.667. The van der Waals surface area contributed by atoms with Crippen molar-refractivity contribution in [2.45, 2.75) is 82.8 Å². The maximum atomic E-state index is 13.4. The fourth-order valence-corrected chi connectivity index (χ4v) is 8.94. The summed E-state index contributed by atoms with van der Waals surface area (Å²) >= 11 is 1.20. The van der Waals surface area contributed by atoms with Gasteiger partial charge in [0.05, 0.1) is 5.92 Å². The van der Waals surface area contributed by atoms with Crippen molar-refractivity contribution in [1.82, 2.24) is 4.31 Å². The molecule has 3 heterocycles. The molecule has 0 atom stereocenters. The standard InChI is InChI=1S/C26H33NO5S2/c1-25(2)12-16(28)22-18(14-25)32-19-15-26(3,4)13-17(29)23(19)24(22)20-8-9-21(33-20)34(30,31)27-10-6-5-7-11-27/h8-9,24H,5-7,10-15H2,1-4H3. The lowest BCUT2D eigenvalue weighted by molar-refractivity contribution is -0.120. The second-order valence-electron chi connectivity index (χ2n) is 11.7. The number of sulfonamides is 1. The summed E-state index contributed by atoms with van der Waals surface area (Å²) in [6.07, 6.45) is 4.82. The van der Waals surface area contributed by atoms with Crippen LogP contribution in [0.3, 0.4) is 0 Å². The van der Waals surface area contributed by atoms with Gasteiger partial charge < -0.3 is 4.74 Å². The number of Topliss-reactive ketones (excluding diaryl/α,β-unsaturated/α-hetero) is 2. The zero-order chi connectivity index (χ0) is 24.5. The zero-order valence-electron chi connectivity index (χ0n) is 20.4. The monoisotopic (exact) mass is 503 g/mol. The number of carbonyl (C=O) groups excluding carboxylic acids is 2. The largest absolute Gasteiger partial charge is 0.465 e. The molecule has 34 heavy (non-hydrogen) atoms. The third-order valence-electron chi connectivity index (χ3n) is 7.38. The van der Waals surface area contributed by atoms with Crippen LogP contribution in [0, 0.1) is 10.8 Å². The Morgan fingerprint density at radius 3 is 1.91 bits per heavy atom. The molecule has 1 saturated heterocycles. The van der Waals surface area contributed by atoms with E-state index in [9.17, 15) is 18.0 Å².